The number of nitrogens with two attached hydrogens (primary N) is 2. The van der Waals surface area contributed by atoms with Crippen molar-refractivity contribution >= 4 is 33.3 Å². The number of pyridine rings is 1. The van der Waals surface area contributed by atoms with Crippen molar-refractivity contribution in [1.82, 2.24) is 15.0 Å². The van der Waals surface area contributed by atoms with Crippen LogP contribution in [0.3, 0.4) is 0 Å². The number of imidazole rings is 1. The number of nitrogens with zero attached hydrogens (tertiary/aromatic N) is 2. The largest absolute Gasteiger partial charge is 0.397 e. The predicted octanol–water partition coefficient (Wildman–Crippen LogP) is 2.19. The van der Waals surface area contributed by atoms with E-state index in [1.165, 1.54) is 0 Å². The number of benzene rings is 2. The third-order valence-corrected chi connectivity index (χ3v) is 5.25. The Kier molecular flexibility index (Phi) is 3.45. The van der Waals surface area contributed by atoms with Gasteiger partial charge in [-0.2, -0.15) is 0 Å². The Morgan fingerprint density at radius 3 is 2.78 bits per heavy atom. The summed E-state index contributed by atoms with van der Waals surface area (Å²) in [5.74, 6) is 0.477. The van der Waals surface area contributed by atoms with E-state index in [9.17, 15) is 4.79 Å². The van der Waals surface area contributed by atoms with Crippen molar-refractivity contribution in [2.45, 2.75) is 12.5 Å². The summed E-state index contributed by atoms with van der Waals surface area (Å²) in [5.41, 5.74) is 16.4. The molecule has 2 aromatic carbocycles. The Balaban J connectivity index is 1.64. The van der Waals surface area contributed by atoms with Gasteiger partial charge in [-0.3, -0.25) is 4.79 Å². The number of hydrogen-bond acceptors (Lipinski definition) is 5. The predicted molar refractivity (Wildman–Crippen MR) is 109 cm³/mol. The fourth-order valence-corrected chi connectivity index (χ4v) is 3.84. The summed E-state index contributed by atoms with van der Waals surface area (Å²) in [7, 11) is 0. The lowest BCUT2D eigenvalue weighted by atomic mass is 10.1. The Morgan fingerprint density at radius 1 is 1.11 bits per heavy atom. The van der Waals surface area contributed by atoms with Crippen molar-refractivity contribution in [1.29, 1.82) is 0 Å². The van der Waals surface area contributed by atoms with E-state index >= 15 is 0 Å². The lowest BCUT2D eigenvalue weighted by Gasteiger charge is -2.17. The quantitative estimate of drug-likeness (QED) is 0.437. The molecule has 1 atom stereocenters. The number of nitrogens with one attached hydrogen (secondary N) is 2. The van der Waals surface area contributed by atoms with Gasteiger partial charge in [-0.05, 0) is 30.7 Å². The number of anilines is 2. The fourth-order valence-electron chi connectivity index (χ4n) is 3.84. The standard InChI is InChI=1S/C20H20N6O/c21-11-7-8-26(10-11)12-5-6-15-16(9-12)24-19(23-15)17-18(22)13-3-1-2-4-14(13)25-20(17)27/h1-6,9,11H,7-8,10,21H2,(H,23,24)(H3,22,25,27). The van der Waals surface area contributed by atoms with Gasteiger partial charge < -0.3 is 26.3 Å². The van der Waals surface area contributed by atoms with Crippen LogP contribution < -0.4 is 21.9 Å². The van der Waals surface area contributed by atoms with Crippen LogP contribution in [0, 0.1) is 0 Å². The second-order valence-corrected chi connectivity index (χ2v) is 7.07. The number of rotatable bonds is 2. The molecule has 5 rings (SSSR count). The summed E-state index contributed by atoms with van der Waals surface area (Å²) in [6, 6.07) is 13.8. The molecule has 7 heteroatoms. The zero-order valence-electron chi connectivity index (χ0n) is 14.7. The maximum absolute atomic E-state index is 12.6. The minimum Gasteiger partial charge on any atom is -0.397 e. The van der Waals surface area contributed by atoms with Crippen LogP contribution in [0.2, 0.25) is 0 Å². The topological polar surface area (TPSA) is 117 Å². The number of aromatic nitrogens is 3. The first-order valence-corrected chi connectivity index (χ1v) is 9.01. The Hall–Kier alpha value is -3.32. The van der Waals surface area contributed by atoms with Crippen LogP contribution in [0.5, 0.6) is 0 Å². The van der Waals surface area contributed by atoms with E-state index < -0.39 is 0 Å². The zero-order chi connectivity index (χ0) is 18.5. The van der Waals surface area contributed by atoms with Crippen LogP contribution in [0.15, 0.2) is 47.3 Å². The SMILES string of the molecule is Nc1c(-c2nc3ccc(N4CCC(N)C4)cc3[nH]2)c(=O)[nH]c2ccccc12. The molecule has 7 nitrogen and oxygen atoms in total. The second kappa shape index (κ2) is 5.85. The molecule has 3 heterocycles. The molecule has 6 N–H and O–H groups in total. The second-order valence-electron chi connectivity index (χ2n) is 7.07. The minimum absolute atomic E-state index is 0.217. The van der Waals surface area contributed by atoms with E-state index in [4.69, 9.17) is 11.5 Å². The third kappa shape index (κ3) is 2.55. The number of nitrogen functional groups attached to an aromatic ring is 1. The summed E-state index contributed by atoms with van der Waals surface area (Å²) >= 11 is 0. The molecule has 27 heavy (non-hydrogen) atoms. The highest BCUT2D eigenvalue weighted by Crippen LogP contribution is 2.29. The summed E-state index contributed by atoms with van der Waals surface area (Å²) in [4.78, 5) is 25.6. The van der Waals surface area contributed by atoms with Gasteiger partial charge in [0.1, 0.15) is 11.4 Å². The molecular formula is C20H20N6O. The lowest BCUT2D eigenvalue weighted by Crippen LogP contribution is -2.26. The summed E-state index contributed by atoms with van der Waals surface area (Å²) in [5, 5.41) is 0.805. The monoisotopic (exact) mass is 360 g/mol. The van der Waals surface area contributed by atoms with Crippen molar-refractivity contribution in [3.8, 4) is 11.4 Å². The minimum atomic E-state index is -0.254. The first-order chi connectivity index (χ1) is 13.1. The van der Waals surface area contributed by atoms with Gasteiger partial charge in [0.05, 0.1) is 22.2 Å². The molecule has 0 bridgehead atoms. The highest BCUT2D eigenvalue weighted by Gasteiger charge is 2.20. The van der Waals surface area contributed by atoms with Crippen LogP contribution in [-0.2, 0) is 0 Å². The average Bonchev–Trinajstić information content (AvgIpc) is 3.27. The molecule has 136 valence electrons. The number of aromatic amines is 2. The van der Waals surface area contributed by atoms with E-state index in [1.54, 1.807) is 0 Å². The van der Waals surface area contributed by atoms with Crippen molar-refractivity contribution in [3.63, 3.8) is 0 Å². The van der Waals surface area contributed by atoms with Crippen LogP contribution >= 0.6 is 0 Å². The zero-order valence-corrected chi connectivity index (χ0v) is 14.7. The van der Waals surface area contributed by atoms with E-state index in [2.05, 4.69) is 25.9 Å². The van der Waals surface area contributed by atoms with Gasteiger partial charge in [-0.15, -0.1) is 0 Å². The maximum atomic E-state index is 12.6. The molecule has 1 aliphatic heterocycles. The normalized spacial score (nSPS) is 17.2. The summed E-state index contributed by atoms with van der Waals surface area (Å²) in [6.07, 6.45) is 0.995. The number of fused-ring (bicyclic) bond motifs is 2. The first-order valence-electron chi connectivity index (χ1n) is 9.01. The summed E-state index contributed by atoms with van der Waals surface area (Å²) in [6.45, 7) is 1.80. The average molecular weight is 360 g/mol. The molecule has 0 aliphatic carbocycles. The van der Waals surface area contributed by atoms with Gasteiger partial charge in [0.2, 0.25) is 0 Å². The molecule has 0 radical (unpaired) electrons. The van der Waals surface area contributed by atoms with Gasteiger partial charge in [-0.1, -0.05) is 18.2 Å². The molecule has 0 saturated carbocycles. The van der Waals surface area contributed by atoms with Gasteiger partial charge in [0.15, 0.2) is 0 Å². The molecular weight excluding hydrogens is 340 g/mol. The van der Waals surface area contributed by atoms with Gasteiger partial charge in [0.25, 0.3) is 5.56 Å². The fraction of sp³-hybridized carbons (Fsp3) is 0.200. The van der Waals surface area contributed by atoms with Crippen LogP contribution in [0.25, 0.3) is 33.3 Å². The van der Waals surface area contributed by atoms with Crippen LogP contribution in [0.1, 0.15) is 6.42 Å². The molecule has 0 amide bonds. The van der Waals surface area contributed by atoms with E-state index in [1.807, 2.05) is 36.4 Å². The first kappa shape index (κ1) is 15.9. The Morgan fingerprint density at radius 2 is 1.96 bits per heavy atom. The highest BCUT2D eigenvalue weighted by atomic mass is 16.1. The Bertz CT molecular complexity index is 1220. The number of H-pyrrole nitrogens is 2. The van der Waals surface area contributed by atoms with E-state index in [0.29, 0.717) is 22.6 Å². The van der Waals surface area contributed by atoms with Gasteiger partial charge in [-0.25, -0.2) is 4.98 Å². The Labute approximate surface area is 155 Å². The number of para-hydroxylation sites is 1. The third-order valence-electron chi connectivity index (χ3n) is 5.25. The number of hydrogen-bond donors (Lipinski definition) is 4. The molecule has 0 spiro atoms. The summed E-state index contributed by atoms with van der Waals surface area (Å²) < 4.78 is 0. The molecule has 1 unspecified atom stereocenters. The van der Waals surface area contributed by atoms with Crippen molar-refractivity contribution in [2.75, 3.05) is 23.7 Å². The van der Waals surface area contributed by atoms with E-state index in [-0.39, 0.29) is 11.6 Å². The molecule has 1 fully saturated rings. The molecule has 1 saturated heterocycles. The van der Waals surface area contributed by atoms with Gasteiger partial charge >= 0.3 is 0 Å². The smallest absolute Gasteiger partial charge is 0.261 e. The van der Waals surface area contributed by atoms with Crippen molar-refractivity contribution < 1.29 is 0 Å². The molecule has 1 aliphatic rings. The van der Waals surface area contributed by atoms with Gasteiger partial charge in [0, 0.05) is 30.2 Å². The molecule has 4 aromatic rings. The van der Waals surface area contributed by atoms with Crippen molar-refractivity contribution in [3.05, 3.63) is 52.8 Å². The highest BCUT2D eigenvalue weighted by molar-refractivity contribution is 5.97. The van der Waals surface area contributed by atoms with Crippen LogP contribution in [-0.4, -0.2) is 34.1 Å². The van der Waals surface area contributed by atoms with Crippen molar-refractivity contribution in [2.24, 2.45) is 5.73 Å². The maximum Gasteiger partial charge on any atom is 0.261 e. The lowest BCUT2D eigenvalue weighted by molar-refractivity contribution is 0.752. The van der Waals surface area contributed by atoms with E-state index in [0.717, 1.165) is 41.6 Å². The molecule has 2 aromatic heterocycles. The van der Waals surface area contributed by atoms with Crippen LogP contribution in [0.4, 0.5) is 11.4 Å².